The SMILES string of the molecule is O=C(O)c1cc2cc(Cc3ccc4oc(=O)c(C(=O)O)cc4c3)ccc2oc1=O. The van der Waals surface area contributed by atoms with Gasteiger partial charge in [0.1, 0.15) is 22.3 Å². The lowest BCUT2D eigenvalue weighted by molar-refractivity contribution is 0.0681. The van der Waals surface area contributed by atoms with Crippen molar-refractivity contribution in [1.29, 1.82) is 0 Å². The minimum absolute atomic E-state index is 0.273. The highest BCUT2D eigenvalue weighted by molar-refractivity contribution is 5.92. The van der Waals surface area contributed by atoms with E-state index in [1.54, 1.807) is 36.4 Å². The maximum absolute atomic E-state index is 11.7. The summed E-state index contributed by atoms with van der Waals surface area (Å²) in [5, 5.41) is 19.1. The number of carbonyl (C=O) groups is 2. The molecule has 0 atom stereocenters. The standard InChI is InChI=1S/C21H12O8/c22-18(23)14-8-12-6-10(1-3-16(12)28-20(14)26)5-11-2-4-17-13(7-11)9-15(19(24)25)21(27)29-17/h1-4,6-9H,5H2,(H,22,23)(H,24,25). The molecule has 0 saturated heterocycles. The highest BCUT2D eigenvalue weighted by Crippen LogP contribution is 2.21. The molecule has 0 unspecified atom stereocenters. The number of rotatable bonds is 4. The van der Waals surface area contributed by atoms with Gasteiger partial charge in [0.15, 0.2) is 0 Å². The summed E-state index contributed by atoms with van der Waals surface area (Å²) in [6, 6.07) is 12.6. The van der Waals surface area contributed by atoms with E-state index in [9.17, 15) is 19.2 Å². The molecular formula is C21H12O8. The maximum Gasteiger partial charge on any atom is 0.351 e. The molecule has 0 saturated carbocycles. The molecule has 8 heteroatoms. The molecule has 0 aliphatic heterocycles. The van der Waals surface area contributed by atoms with Gasteiger partial charge < -0.3 is 19.0 Å². The molecule has 4 aromatic rings. The van der Waals surface area contributed by atoms with Crippen molar-refractivity contribution in [2.75, 3.05) is 0 Å². The third-order valence-electron chi connectivity index (χ3n) is 4.46. The van der Waals surface area contributed by atoms with Gasteiger partial charge in [0.25, 0.3) is 0 Å². The predicted molar refractivity (Wildman–Crippen MR) is 102 cm³/mol. The van der Waals surface area contributed by atoms with E-state index in [-0.39, 0.29) is 11.2 Å². The monoisotopic (exact) mass is 392 g/mol. The molecule has 2 N–H and O–H groups in total. The van der Waals surface area contributed by atoms with Gasteiger partial charge in [0.2, 0.25) is 0 Å². The Morgan fingerprint density at radius 1 is 0.690 bits per heavy atom. The third kappa shape index (κ3) is 3.39. The second-order valence-corrected chi connectivity index (χ2v) is 6.43. The van der Waals surface area contributed by atoms with Gasteiger partial charge in [-0.1, -0.05) is 12.1 Å². The van der Waals surface area contributed by atoms with Gasteiger partial charge in [-0.2, -0.15) is 0 Å². The lowest BCUT2D eigenvalue weighted by Gasteiger charge is -2.06. The van der Waals surface area contributed by atoms with Gasteiger partial charge in [0.05, 0.1) is 0 Å². The summed E-state index contributed by atoms with van der Waals surface area (Å²) in [5.41, 5.74) is -0.541. The Balaban J connectivity index is 1.74. The van der Waals surface area contributed by atoms with Crippen molar-refractivity contribution in [3.8, 4) is 0 Å². The number of benzene rings is 2. The summed E-state index contributed by atoms with van der Waals surface area (Å²) in [5.74, 6) is -2.73. The molecule has 0 bridgehead atoms. The van der Waals surface area contributed by atoms with E-state index in [0.717, 1.165) is 11.1 Å². The molecule has 0 radical (unpaired) electrons. The van der Waals surface area contributed by atoms with Crippen LogP contribution in [-0.4, -0.2) is 22.2 Å². The zero-order chi connectivity index (χ0) is 20.7. The smallest absolute Gasteiger partial charge is 0.351 e. The molecule has 4 rings (SSSR count). The topological polar surface area (TPSA) is 135 Å². The molecule has 2 aromatic heterocycles. The normalized spacial score (nSPS) is 11.0. The van der Waals surface area contributed by atoms with Crippen LogP contribution < -0.4 is 11.3 Å². The van der Waals surface area contributed by atoms with Crippen molar-refractivity contribution in [3.05, 3.63) is 91.6 Å². The van der Waals surface area contributed by atoms with Crippen molar-refractivity contribution in [1.82, 2.24) is 0 Å². The quantitative estimate of drug-likeness (QED) is 0.506. The Morgan fingerprint density at radius 3 is 1.48 bits per heavy atom. The number of carboxylic acids is 2. The number of aromatic carboxylic acids is 2. The van der Waals surface area contributed by atoms with Gasteiger partial charge in [-0.3, -0.25) is 0 Å². The Morgan fingerprint density at radius 2 is 1.10 bits per heavy atom. The van der Waals surface area contributed by atoms with Crippen LogP contribution in [0.2, 0.25) is 0 Å². The van der Waals surface area contributed by atoms with E-state index < -0.39 is 34.3 Å². The highest BCUT2D eigenvalue weighted by atomic mass is 16.4. The van der Waals surface area contributed by atoms with E-state index in [1.165, 1.54) is 12.1 Å². The second kappa shape index (κ2) is 6.75. The lowest BCUT2D eigenvalue weighted by atomic mass is 10.0. The zero-order valence-corrected chi connectivity index (χ0v) is 14.7. The van der Waals surface area contributed by atoms with Crippen LogP contribution >= 0.6 is 0 Å². The van der Waals surface area contributed by atoms with Gasteiger partial charge >= 0.3 is 23.2 Å². The lowest BCUT2D eigenvalue weighted by Crippen LogP contribution is -2.13. The van der Waals surface area contributed by atoms with Crippen LogP contribution in [0.5, 0.6) is 0 Å². The highest BCUT2D eigenvalue weighted by Gasteiger charge is 2.14. The van der Waals surface area contributed by atoms with E-state index in [0.29, 0.717) is 17.2 Å². The molecule has 29 heavy (non-hydrogen) atoms. The van der Waals surface area contributed by atoms with Crippen LogP contribution in [0.15, 0.2) is 67.0 Å². The fraction of sp³-hybridized carbons (Fsp3) is 0.0476. The molecule has 0 spiro atoms. The predicted octanol–water partition coefficient (Wildman–Crippen LogP) is 2.89. The third-order valence-corrected chi connectivity index (χ3v) is 4.46. The van der Waals surface area contributed by atoms with E-state index in [4.69, 9.17) is 19.0 Å². The van der Waals surface area contributed by atoms with Crippen molar-refractivity contribution in [2.45, 2.75) is 6.42 Å². The number of hydrogen-bond acceptors (Lipinski definition) is 6. The first kappa shape index (κ1) is 18.2. The minimum Gasteiger partial charge on any atom is -0.477 e. The Bertz CT molecular complexity index is 1320. The van der Waals surface area contributed by atoms with E-state index in [2.05, 4.69) is 0 Å². The average Bonchev–Trinajstić information content (AvgIpc) is 2.67. The molecule has 2 aromatic carbocycles. The summed E-state index contributed by atoms with van der Waals surface area (Å²) >= 11 is 0. The van der Waals surface area contributed by atoms with Crippen LogP contribution in [0.3, 0.4) is 0 Å². The molecule has 0 amide bonds. The van der Waals surface area contributed by atoms with Crippen LogP contribution in [-0.2, 0) is 6.42 Å². The Kier molecular flexibility index (Phi) is 4.23. The average molecular weight is 392 g/mol. The summed E-state index contributed by atoms with van der Waals surface area (Å²) in [7, 11) is 0. The van der Waals surface area contributed by atoms with Crippen molar-refractivity contribution < 1.29 is 28.6 Å². The van der Waals surface area contributed by atoms with Crippen molar-refractivity contribution >= 4 is 33.9 Å². The van der Waals surface area contributed by atoms with Crippen LogP contribution in [0.4, 0.5) is 0 Å². The number of carboxylic acid groups (broad SMARTS) is 2. The molecule has 8 nitrogen and oxygen atoms in total. The largest absolute Gasteiger partial charge is 0.477 e. The first-order chi connectivity index (χ1) is 13.8. The van der Waals surface area contributed by atoms with Gasteiger partial charge in [-0.25, -0.2) is 19.2 Å². The first-order valence-corrected chi connectivity index (χ1v) is 8.42. The first-order valence-electron chi connectivity index (χ1n) is 8.42. The number of fused-ring (bicyclic) bond motifs is 2. The van der Waals surface area contributed by atoms with E-state index >= 15 is 0 Å². The minimum atomic E-state index is -1.36. The maximum atomic E-state index is 11.7. The summed E-state index contributed by atoms with van der Waals surface area (Å²) in [6.07, 6.45) is 0.439. The summed E-state index contributed by atoms with van der Waals surface area (Å²) in [4.78, 5) is 45.6. The summed E-state index contributed by atoms with van der Waals surface area (Å²) in [6.45, 7) is 0. The van der Waals surface area contributed by atoms with Gasteiger partial charge in [-0.15, -0.1) is 0 Å². The van der Waals surface area contributed by atoms with Crippen LogP contribution in [0.1, 0.15) is 31.8 Å². The molecular weight excluding hydrogens is 380 g/mol. The molecule has 2 heterocycles. The van der Waals surface area contributed by atoms with Crippen molar-refractivity contribution in [3.63, 3.8) is 0 Å². The van der Waals surface area contributed by atoms with Crippen LogP contribution in [0, 0.1) is 0 Å². The Hall–Kier alpha value is -4.20. The van der Waals surface area contributed by atoms with Gasteiger partial charge in [0, 0.05) is 10.8 Å². The number of hydrogen-bond donors (Lipinski definition) is 2. The molecule has 0 fully saturated rings. The van der Waals surface area contributed by atoms with Gasteiger partial charge in [-0.05, 0) is 53.9 Å². The van der Waals surface area contributed by atoms with E-state index in [1.807, 2.05) is 0 Å². The fourth-order valence-corrected chi connectivity index (χ4v) is 3.10. The summed E-state index contributed by atoms with van der Waals surface area (Å²) < 4.78 is 10.1. The van der Waals surface area contributed by atoms with Crippen molar-refractivity contribution in [2.24, 2.45) is 0 Å². The molecule has 144 valence electrons. The van der Waals surface area contributed by atoms with Crippen LogP contribution in [0.25, 0.3) is 21.9 Å². The zero-order valence-electron chi connectivity index (χ0n) is 14.7. The molecule has 0 aliphatic rings. The molecule has 0 aliphatic carbocycles. The Labute approximate surface area is 161 Å². The second-order valence-electron chi connectivity index (χ2n) is 6.43. The fourth-order valence-electron chi connectivity index (χ4n) is 3.10.